The Morgan fingerprint density at radius 1 is 1.32 bits per heavy atom. The molecule has 1 aromatic rings. The van der Waals surface area contributed by atoms with Crippen molar-refractivity contribution in [1.29, 1.82) is 0 Å². The fraction of sp³-hybridized carbons (Fsp3) is 0.500. The first kappa shape index (κ1) is 18.5. The molecule has 0 radical (unpaired) electrons. The van der Waals surface area contributed by atoms with Gasteiger partial charge in [0.05, 0.1) is 0 Å². The maximum atomic E-state index is 12.1. The number of hydrogen-bond acceptors (Lipinski definition) is 3. The van der Waals surface area contributed by atoms with Crippen LogP contribution in [-0.4, -0.2) is 30.9 Å². The van der Waals surface area contributed by atoms with Gasteiger partial charge in [0.2, 0.25) is 5.91 Å². The zero-order valence-corrected chi connectivity index (χ0v) is 13.8. The van der Waals surface area contributed by atoms with Crippen LogP contribution in [0.25, 0.3) is 0 Å². The zero-order valence-electron chi connectivity index (χ0n) is 13.0. The largest absolute Gasteiger partial charge is 0.350 e. The van der Waals surface area contributed by atoms with Gasteiger partial charge in [-0.3, -0.25) is 9.59 Å². The van der Waals surface area contributed by atoms with Gasteiger partial charge in [-0.05, 0) is 44.5 Å². The van der Waals surface area contributed by atoms with Crippen molar-refractivity contribution < 1.29 is 9.59 Å². The van der Waals surface area contributed by atoms with Crippen LogP contribution in [0.2, 0.25) is 0 Å². The normalized spacial score (nSPS) is 14.6. The molecule has 5 nitrogen and oxygen atoms in total. The third kappa shape index (κ3) is 5.66. The number of carbonyl (C=O) groups is 2. The van der Waals surface area contributed by atoms with E-state index in [2.05, 4.69) is 16.0 Å². The van der Waals surface area contributed by atoms with Crippen LogP contribution in [0.15, 0.2) is 24.3 Å². The molecule has 3 N–H and O–H groups in total. The van der Waals surface area contributed by atoms with Crippen LogP contribution in [0.5, 0.6) is 0 Å². The maximum Gasteiger partial charge on any atom is 0.251 e. The molecule has 0 spiro atoms. The average molecular weight is 326 g/mol. The van der Waals surface area contributed by atoms with E-state index in [1.165, 1.54) is 0 Å². The average Bonchev–Trinajstić information content (AvgIpc) is 3.30. The second kappa shape index (κ2) is 8.76. The zero-order chi connectivity index (χ0) is 15.2. The van der Waals surface area contributed by atoms with Gasteiger partial charge in [0.15, 0.2) is 0 Å². The van der Waals surface area contributed by atoms with Crippen LogP contribution in [0, 0.1) is 5.92 Å². The minimum atomic E-state index is -0.123. The molecular formula is C16H24ClN3O2. The van der Waals surface area contributed by atoms with Crippen molar-refractivity contribution in [2.45, 2.75) is 32.7 Å². The third-order valence-corrected chi connectivity index (χ3v) is 3.46. The quantitative estimate of drug-likeness (QED) is 0.719. The van der Waals surface area contributed by atoms with E-state index in [9.17, 15) is 9.59 Å². The summed E-state index contributed by atoms with van der Waals surface area (Å²) in [4.78, 5) is 23.8. The summed E-state index contributed by atoms with van der Waals surface area (Å²) in [6, 6.07) is 7.29. The molecule has 0 heterocycles. The van der Waals surface area contributed by atoms with E-state index in [-0.39, 0.29) is 36.2 Å². The molecule has 0 aromatic heterocycles. The molecule has 0 bridgehead atoms. The van der Waals surface area contributed by atoms with Gasteiger partial charge in [0.1, 0.15) is 0 Å². The topological polar surface area (TPSA) is 70.2 Å². The molecule has 1 atom stereocenters. The van der Waals surface area contributed by atoms with E-state index < -0.39 is 0 Å². The number of halogens is 1. The Morgan fingerprint density at radius 3 is 2.68 bits per heavy atom. The number of likely N-dealkylation sites (N-methyl/N-ethyl adjacent to an activating group) is 1. The highest BCUT2D eigenvalue weighted by atomic mass is 35.5. The van der Waals surface area contributed by atoms with Crippen molar-refractivity contribution >= 4 is 29.9 Å². The van der Waals surface area contributed by atoms with Crippen molar-refractivity contribution in [3.05, 3.63) is 29.8 Å². The molecule has 1 fully saturated rings. The van der Waals surface area contributed by atoms with Gasteiger partial charge < -0.3 is 16.0 Å². The Hall–Kier alpha value is -1.59. The molecule has 22 heavy (non-hydrogen) atoms. The van der Waals surface area contributed by atoms with Gasteiger partial charge in [-0.1, -0.05) is 13.0 Å². The Labute approximate surface area is 137 Å². The third-order valence-electron chi connectivity index (χ3n) is 3.46. The molecule has 6 heteroatoms. The lowest BCUT2D eigenvalue weighted by atomic mass is 10.1. The first-order chi connectivity index (χ1) is 10.1. The number of benzene rings is 1. The lowest BCUT2D eigenvalue weighted by Gasteiger charge is -2.13. The van der Waals surface area contributed by atoms with Crippen LogP contribution in [0.1, 0.15) is 37.0 Å². The van der Waals surface area contributed by atoms with Gasteiger partial charge in [0, 0.05) is 29.8 Å². The van der Waals surface area contributed by atoms with E-state index in [0.29, 0.717) is 17.8 Å². The Kier molecular flexibility index (Phi) is 7.35. The summed E-state index contributed by atoms with van der Waals surface area (Å²) in [6.07, 6.45) is 1.93. The van der Waals surface area contributed by atoms with Crippen LogP contribution in [-0.2, 0) is 4.79 Å². The SMILES string of the molecule is CCN[C@H](C)CNC(=O)c1cccc(NC(=O)C2CC2)c1.Cl. The Morgan fingerprint density at radius 2 is 2.05 bits per heavy atom. The summed E-state index contributed by atoms with van der Waals surface area (Å²) in [6.45, 7) is 5.51. The van der Waals surface area contributed by atoms with Gasteiger partial charge in [-0.2, -0.15) is 0 Å². The minimum Gasteiger partial charge on any atom is -0.350 e. The lowest BCUT2D eigenvalue weighted by Crippen LogP contribution is -2.38. The van der Waals surface area contributed by atoms with E-state index in [4.69, 9.17) is 0 Å². The van der Waals surface area contributed by atoms with Gasteiger partial charge in [-0.25, -0.2) is 0 Å². The lowest BCUT2D eigenvalue weighted by molar-refractivity contribution is -0.117. The standard InChI is InChI=1S/C16H23N3O2.ClH/c1-3-17-11(2)10-18-15(20)13-5-4-6-14(9-13)19-16(21)12-7-8-12;/h4-6,9,11-12,17H,3,7-8,10H2,1-2H3,(H,18,20)(H,19,21);1H/t11-;/m1./s1. The highest BCUT2D eigenvalue weighted by Crippen LogP contribution is 2.30. The van der Waals surface area contributed by atoms with Crippen molar-refractivity contribution in [1.82, 2.24) is 10.6 Å². The molecule has 2 amide bonds. The van der Waals surface area contributed by atoms with Gasteiger partial charge >= 0.3 is 0 Å². The van der Waals surface area contributed by atoms with Gasteiger partial charge in [0.25, 0.3) is 5.91 Å². The number of amides is 2. The molecule has 0 saturated heterocycles. The number of hydrogen-bond donors (Lipinski definition) is 3. The van der Waals surface area contributed by atoms with Gasteiger partial charge in [-0.15, -0.1) is 12.4 Å². The van der Waals surface area contributed by atoms with E-state index in [0.717, 1.165) is 19.4 Å². The summed E-state index contributed by atoms with van der Waals surface area (Å²) < 4.78 is 0. The van der Waals surface area contributed by atoms with Crippen molar-refractivity contribution in [3.8, 4) is 0 Å². The molecular weight excluding hydrogens is 302 g/mol. The summed E-state index contributed by atoms with van der Waals surface area (Å²) in [5.41, 5.74) is 1.24. The summed E-state index contributed by atoms with van der Waals surface area (Å²) in [7, 11) is 0. The van der Waals surface area contributed by atoms with E-state index in [1.54, 1.807) is 24.3 Å². The van der Waals surface area contributed by atoms with Crippen molar-refractivity contribution in [2.75, 3.05) is 18.4 Å². The fourth-order valence-electron chi connectivity index (χ4n) is 2.10. The number of nitrogens with one attached hydrogen (secondary N) is 3. The maximum absolute atomic E-state index is 12.1. The minimum absolute atomic E-state index is 0. The second-order valence-electron chi connectivity index (χ2n) is 5.51. The smallest absolute Gasteiger partial charge is 0.251 e. The second-order valence-corrected chi connectivity index (χ2v) is 5.51. The predicted molar refractivity (Wildman–Crippen MR) is 90.5 cm³/mol. The first-order valence-corrected chi connectivity index (χ1v) is 7.52. The van der Waals surface area contributed by atoms with Crippen molar-refractivity contribution in [2.24, 2.45) is 5.92 Å². The fourth-order valence-corrected chi connectivity index (χ4v) is 2.10. The molecule has 1 aliphatic carbocycles. The highest BCUT2D eigenvalue weighted by Gasteiger charge is 2.29. The van der Waals surface area contributed by atoms with E-state index in [1.807, 2.05) is 13.8 Å². The molecule has 1 aromatic carbocycles. The van der Waals surface area contributed by atoms with Crippen LogP contribution in [0.3, 0.4) is 0 Å². The molecule has 0 aliphatic heterocycles. The number of carbonyl (C=O) groups excluding carboxylic acids is 2. The molecule has 2 rings (SSSR count). The monoisotopic (exact) mass is 325 g/mol. The number of anilines is 1. The Bertz CT molecular complexity index is 518. The van der Waals surface area contributed by atoms with Crippen LogP contribution < -0.4 is 16.0 Å². The van der Waals surface area contributed by atoms with Crippen LogP contribution in [0.4, 0.5) is 5.69 Å². The summed E-state index contributed by atoms with van der Waals surface area (Å²) in [5, 5.41) is 8.98. The number of rotatable bonds is 7. The predicted octanol–water partition coefficient (Wildman–Crippen LogP) is 2.18. The molecule has 1 saturated carbocycles. The van der Waals surface area contributed by atoms with E-state index >= 15 is 0 Å². The highest BCUT2D eigenvalue weighted by molar-refractivity contribution is 5.98. The Balaban J connectivity index is 0.00000242. The summed E-state index contributed by atoms with van der Waals surface area (Å²) in [5.74, 6) is 0.0825. The molecule has 1 aliphatic rings. The first-order valence-electron chi connectivity index (χ1n) is 7.52. The molecule has 0 unspecified atom stereocenters. The summed E-state index contributed by atoms with van der Waals surface area (Å²) >= 11 is 0. The molecule has 122 valence electrons. The van der Waals surface area contributed by atoms with Crippen molar-refractivity contribution in [3.63, 3.8) is 0 Å². The van der Waals surface area contributed by atoms with Crippen LogP contribution >= 0.6 is 12.4 Å².